The van der Waals surface area contributed by atoms with Gasteiger partial charge in [-0.1, -0.05) is 66.2 Å². The standard InChI is InChI=1S/C19H18F3N/c1-14-7-9-16(10-8-14)18-11-17(19(20,21)22)13-23(18)12-15-5-3-2-4-6-15/h2-11,18H,12-13H2,1H3. The van der Waals surface area contributed by atoms with Gasteiger partial charge in [0.1, 0.15) is 0 Å². The highest BCUT2D eigenvalue weighted by atomic mass is 19.4. The minimum atomic E-state index is -4.27. The van der Waals surface area contributed by atoms with Crippen molar-refractivity contribution in [3.05, 3.63) is 82.9 Å². The van der Waals surface area contributed by atoms with Crippen LogP contribution >= 0.6 is 0 Å². The summed E-state index contributed by atoms with van der Waals surface area (Å²) in [5.41, 5.74) is 2.55. The zero-order valence-corrected chi connectivity index (χ0v) is 12.8. The van der Waals surface area contributed by atoms with Crippen LogP contribution in [0, 0.1) is 6.92 Å². The zero-order valence-electron chi connectivity index (χ0n) is 12.8. The van der Waals surface area contributed by atoms with Gasteiger partial charge in [-0.3, -0.25) is 4.90 Å². The molecule has 0 spiro atoms. The maximum absolute atomic E-state index is 13.1. The van der Waals surface area contributed by atoms with Crippen LogP contribution in [0.3, 0.4) is 0 Å². The average molecular weight is 317 g/mol. The van der Waals surface area contributed by atoms with E-state index in [0.29, 0.717) is 6.54 Å². The number of benzene rings is 2. The molecule has 0 saturated carbocycles. The molecule has 1 nitrogen and oxygen atoms in total. The van der Waals surface area contributed by atoms with Crippen LogP contribution in [0.5, 0.6) is 0 Å². The lowest BCUT2D eigenvalue weighted by Crippen LogP contribution is -2.26. The van der Waals surface area contributed by atoms with E-state index in [1.54, 1.807) is 0 Å². The lowest BCUT2D eigenvalue weighted by molar-refractivity contribution is -0.0937. The molecule has 23 heavy (non-hydrogen) atoms. The minimum absolute atomic E-state index is 0.0725. The van der Waals surface area contributed by atoms with E-state index in [1.807, 2.05) is 66.4 Å². The van der Waals surface area contributed by atoms with E-state index in [4.69, 9.17) is 0 Å². The molecule has 0 amide bonds. The first-order valence-corrected chi connectivity index (χ1v) is 7.56. The summed E-state index contributed by atoms with van der Waals surface area (Å²) in [6.07, 6.45) is -2.91. The highest BCUT2D eigenvalue weighted by Gasteiger charge is 2.40. The molecule has 0 fully saturated rings. The number of aryl methyl sites for hydroxylation is 1. The molecule has 0 N–H and O–H groups in total. The van der Waals surface area contributed by atoms with Crippen LogP contribution < -0.4 is 0 Å². The lowest BCUT2D eigenvalue weighted by atomic mass is 10.0. The van der Waals surface area contributed by atoms with Gasteiger partial charge >= 0.3 is 6.18 Å². The maximum Gasteiger partial charge on any atom is 0.413 e. The van der Waals surface area contributed by atoms with E-state index in [1.165, 1.54) is 6.08 Å². The second kappa shape index (κ2) is 6.20. The Labute approximate surface area is 134 Å². The quantitative estimate of drug-likeness (QED) is 0.717. The Kier molecular flexibility index (Phi) is 4.26. The van der Waals surface area contributed by atoms with Crippen molar-refractivity contribution in [3.63, 3.8) is 0 Å². The highest BCUT2D eigenvalue weighted by molar-refractivity contribution is 5.33. The van der Waals surface area contributed by atoms with Crippen LogP contribution in [-0.4, -0.2) is 17.6 Å². The number of rotatable bonds is 3. The summed E-state index contributed by atoms with van der Waals surface area (Å²) in [6.45, 7) is 2.39. The van der Waals surface area contributed by atoms with Crippen LogP contribution in [0.4, 0.5) is 13.2 Å². The Hall–Kier alpha value is -2.07. The maximum atomic E-state index is 13.1. The fraction of sp³-hybridized carbons (Fsp3) is 0.263. The molecule has 2 aromatic carbocycles. The van der Waals surface area contributed by atoms with Crippen LogP contribution in [0.1, 0.15) is 22.7 Å². The van der Waals surface area contributed by atoms with Gasteiger partial charge in [0.15, 0.2) is 0 Å². The molecule has 0 aliphatic carbocycles. The van der Waals surface area contributed by atoms with Gasteiger partial charge in [0, 0.05) is 18.7 Å². The second-order valence-corrected chi connectivity index (χ2v) is 5.94. The summed E-state index contributed by atoms with van der Waals surface area (Å²) in [7, 11) is 0. The van der Waals surface area contributed by atoms with Gasteiger partial charge in [-0.05, 0) is 18.1 Å². The SMILES string of the molecule is Cc1ccc(C2C=C(C(F)(F)F)CN2Cc2ccccc2)cc1. The highest BCUT2D eigenvalue weighted by Crippen LogP contribution is 2.38. The Balaban J connectivity index is 1.89. The predicted octanol–water partition coefficient (Wildman–Crippen LogP) is 5.04. The van der Waals surface area contributed by atoms with Crippen LogP contribution in [0.15, 0.2) is 66.2 Å². The number of nitrogens with zero attached hydrogens (tertiary/aromatic N) is 1. The van der Waals surface area contributed by atoms with Gasteiger partial charge in [0.25, 0.3) is 0 Å². The van der Waals surface area contributed by atoms with E-state index < -0.39 is 11.7 Å². The van der Waals surface area contributed by atoms with Crippen LogP contribution in [0.25, 0.3) is 0 Å². The zero-order chi connectivity index (χ0) is 16.4. The van der Waals surface area contributed by atoms with Crippen LogP contribution in [-0.2, 0) is 6.54 Å². The monoisotopic (exact) mass is 317 g/mol. The van der Waals surface area contributed by atoms with Crippen molar-refractivity contribution in [1.29, 1.82) is 0 Å². The first-order valence-electron chi connectivity index (χ1n) is 7.56. The van der Waals surface area contributed by atoms with Crippen molar-refractivity contribution in [2.45, 2.75) is 25.7 Å². The summed E-state index contributed by atoms with van der Waals surface area (Å²) in [5, 5.41) is 0. The van der Waals surface area contributed by atoms with Gasteiger partial charge in [-0.2, -0.15) is 13.2 Å². The topological polar surface area (TPSA) is 3.24 Å². The smallest absolute Gasteiger partial charge is 0.284 e. The molecule has 1 atom stereocenters. The summed E-state index contributed by atoms with van der Waals surface area (Å²) in [4.78, 5) is 1.86. The summed E-state index contributed by atoms with van der Waals surface area (Å²) in [6, 6.07) is 17.0. The lowest BCUT2D eigenvalue weighted by Gasteiger charge is -2.25. The molecule has 0 saturated heterocycles. The van der Waals surface area contributed by atoms with Gasteiger partial charge in [0.05, 0.1) is 6.04 Å². The molecule has 0 aromatic heterocycles. The molecule has 1 aliphatic rings. The van der Waals surface area contributed by atoms with Crippen molar-refractivity contribution >= 4 is 0 Å². The predicted molar refractivity (Wildman–Crippen MR) is 84.9 cm³/mol. The number of hydrogen-bond acceptors (Lipinski definition) is 1. The summed E-state index contributed by atoms with van der Waals surface area (Å²) < 4.78 is 39.4. The van der Waals surface area contributed by atoms with Crippen molar-refractivity contribution in [2.75, 3.05) is 6.54 Å². The Morgan fingerprint density at radius 1 is 1.00 bits per heavy atom. The van der Waals surface area contributed by atoms with E-state index in [9.17, 15) is 13.2 Å². The third-order valence-electron chi connectivity index (χ3n) is 4.14. The van der Waals surface area contributed by atoms with E-state index >= 15 is 0 Å². The molecule has 120 valence electrons. The molecule has 4 heteroatoms. The van der Waals surface area contributed by atoms with Crippen molar-refractivity contribution in [3.8, 4) is 0 Å². The summed E-state index contributed by atoms with van der Waals surface area (Å²) in [5.74, 6) is 0. The second-order valence-electron chi connectivity index (χ2n) is 5.94. The normalized spacial score (nSPS) is 19.0. The molecule has 1 aliphatic heterocycles. The Bertz CT molecular complexity index is 687. The van der Waals surface area contributed by atoms with E-state index in [2.05, 4.69) is 0 Å². The van der Waals surface area contributed by atoms with Gasteiger partial charge in [-0.15, -0.1) is 0 Å². The largest absolute Gasteiger partial charge is 0.413 e. The van der Waals surface area contributed by atoms with Crippen molar-refractivity contribution < 1.29 is 13.2 Å². The minimum Gasteiger partial charge on any atom is -0.284 e. The van der Waals surface area contributed by atoms with Crippen molar-refractivity contribution in [2.24, 2.45) is 0 Å². The first kappa shape index (κ1) is 15.8. The fourth-order valence-electron chi connectivity index (χ4n) is 2.89. The number of halogens is 3. The molecule has 3 rings (SSSR count). The Morgan fingerprint density at radius 3 is 2.26 bits per heavy atom. The average Bonchev–Trinajstić information content (AvgIpc) is 2.93. The van der Waals surface area contributed by atoms with E-state index in [0.717, 1.165) is 16.7 Å². The number of alkyl halides is 3. The van der Waals surface area contributed by atoms with Gasteiger partial charge in [0.2, 0.25) is 0 Å². The van der Waals surface area contributed by atoms with Crippen LogP contribution in [0.2, 0.25) is 0 Å². The molecule has 0 radical (unpaired) electrons. The third-order valence-corrected chi connectivity index (χ3v) is 4.14. The fourth-order valence-corrected chi connectivity index (χ4v) is 2.89. The summed E-state index contributed by atoms with van der Waals surface area (Å²) >= 11 is 0. The van der Waals surface area contributed by atoms with E-state index in [-0.39, 0.29) is 12.6 Å². The molecule has 1 heterocycles. The Morgan fingerprint density at radius 2 is 1.65 bits per heavy atom. The first-order chi connectivity index (χ1) is 10.9. The van der Waals surface area contributed by atoms with Crippen molar-refractivity contribution in [1.82, 2.24) is 4.90 Å². The molecule has 0 bridgehead atoms. The third kappa shape index (κ3) is 3.64. The molecular formula is C19H18F3N. The molecule has 1 unspecified atom stereocenters. The molecule has 2 aromatic rings. The molecular weight excluding hydrogens is 299 g/mol. The number of hydrogen-bond donors (Lipinski definition) is 0. The van der Waals surface area contributed by atoms with Gasteiger partial charge in [-0.25, -0.2) is 0 Å². The van der Waals surface area contributed by atoms with Gasteiger partial charge < -0.3 is 0 Å².